The molecule has 4 heteroatoms. The molecule has 1 heterocycles. The fourth-order valence-corrected chi connectivity index (χ4v) is 5.84. The molecule has 0 bridgehead atoms. The van der Waals surface area contributed by atoms with E-state index in [0.717, 1.165) is 12.8 Å². The minimum atomic E-state index is -1.36. The van der Waals surface area contributed by atoms with Gasteiger partial charge in [0.05, 0.1) is 6.10 Å². The Balaban J connectivity index is 1.85. The molecular formula is C15H22O4. The Kier molecular flexibility index (Phi) is 1.83. The van der Waals surface area contributed by atoms with Crippen LogP contribution in [0, 0.1) is 28.1 Å². The molecule has 4 aliphatic rings. The van der Waals surface area contributed by atoms with E-state index < -0.39 is 17.1 Å². The summed E-state index contributed by atoms with van der Waals surface area (Å²) >= 11 is 0. The number of esters is 1. The van der Waals surface area contributed by atoms with Gasteiger partial charge in [-0.2, -0.15) is 0 Å². The Morgan fingerprint density at radius 1 is 1.26 bits per heavy atom. The Bertz CT molecular complexity index is 487. The zero-order valence-electron chi connectivity index (χ0n) is 11.8. The second-order valence-electron chi connectivity index (χ2n) is 8.29. The van der Waals surface area contributed by atoms with Crippen molar-refractivity contribution in [3.63, 3.8) is 0 Å². The first kappa shape index (κ1) is 12.2. The highest BCUT2D eigenvalue weighted by atomic mass is 16.6. The third kappa shape index (κ3) is 1.03. The predicted molar refractivity (Wildman–Crippen MR) is 67.1 cm³/mol. The molecule has 3 aliphatic carbocycles. The Hall–Kier alpha value is -0.610. The van der Waals surface area contributed by atoms with Gasteiger partial charge in [-0.3, -0.25) is 4.79 Å². The lowest BCUT2D eigenvalue weighted by atomic mass is 9.61. The van der Waals surface area contributed by atoms with Gasteiger partial charge in [0.15, 0.2) is 0 Å². The van der Waals surface area contributed by atoms with Crippen molar-refractivity contribution < 1.29 is 19.7 Å². The summed E-state index contributed by atoms with van der Waals surface area (Å²) in [7, 11) is 0. The highest BCUT2D eigenvalue weighted by Crippen LogP contribution is 2.82. The molecule has 0 amide bonds. The maximum absolute atomic E-state index is 12.2. The molecule has 0 aromatic rings. The van der Waals surface area contributed by atoms with Crippen LogP contribution in [0.3, 0.4) is 0 Å². The van der Waals surface area contributed by atoms with Gasteiger partial charge in [-0.1, -0.05) is 20.8 Å². The van der Waals surface area contributed by atoms with Crippen LogP contribution >= 0.6 is 0 Å². The van der Waals surface area contributed by atoms with Gasteiger partial charge in [0.25, 0.3) is 0 Å². The lowest BCUT2D eigenvalue weighted by Crippen LogP contribution is -2.60. The normalized spacial score (nSPS) is 61.1. The number of fused-ring (bicyclic) bond motifs is 2. The van der Waals surface area contributed by atoms with E-state index in [1.807, 2.05) is 0 Å². The molecule has 0 aromatic heterocycles. The first-order chi connectivity index (χ1) is 8.68. The summed E-state index contributed by atoms with van der Waals surface area (Å²) in [5.41, 5.74) is -2.20. The zero-order valence-corrected chi connectivity index (χ0v) is 11.8. The Morgan fingerprint density at radius 2 is 1.95 bits per heavy atom. The van der Waals surface area contributed by atoms with Crippen molar-refractivity contribution in [2.75, 3.05) is 6.61 Å². The Morgan fingerprint density at radius 3 is 2.63 bits per heavy atom. The summed E-state index contributed by atoms with van der Waals surface area (Å²) in [6, 6.07) is 0. The quantitative estimate of drug-likeness (QED) is 0.644. The number of carbonyl (C=O) groups excluding carboxylic acids is 1. The van der Waals surface area contributed by atoms with E-state index in [2.05, 4.69) is 20.8 Å². The van der Waals surface area contributed by atoms with Gasteiger partial charge in [0, 0.05) is 0 Å². The van der Waals surface area contributed by atoms with E-state index in [9.17, 15) is 15.0 Å². The van der Waals surface area contributed by atoms with Crippen molar-refractivity contribution >= 4 is 5.97 Å². The summed E-state index contributed by atoms with van der Waals surface area (Å²) in [6.07, 6.45) is 1.78. The summed E-state index contributed by atoms with van der Waals surface area (Å²) < 4.78 is 5.15. The van der Waals surface area contributed by atoms with E-state index in [-0.39, 0.29) is 29.3 Å². The number of aliphatic hydroxyl groups is 2. The molecule has 4 rings (SSSR count). The lowest BCUT2D eigenvalue weighted by Gasteiger charge is -2.46. The van der Waals surface area contributed by atoms with E-state index in [1.165, 1.54) is 0 Å². The first-order valence-corrected chi connectivity index (χ1v) is 7.26. The fraction of sp³-hybridized carbons (Fsp3) is 0.933. The van der Waals surface area contributed by atoms with E-state index >= 15 is 0 Å². The number of rotatable bonds is 0. The minimum Gasteiger partial charge on any atom is -0.462 e. The standard InChI is InChI=1S/C15H22O4/c1-12(2)4-8-9(5-12)13(3)6-14(13)11(17)19-7-15(14,18)10(8)16/h8-10,16,18H,4-7H2,1-3H3/t8-,9+,10-,13+,14-,15+/m1/s1. The molecule has 6 atom stereocenters. The third-order valence-corrected chi connectivity index (χ3v) is 6.78. The molecule has 0 radical (unpaired) electrons. The molecule has 0 aromatic carbocycles. The second kappa shape index (κ2) is 2.86. The Labute approximate surface area is 113 Å². The molecule has 106 valence electrons. The van der Waals surface area contributed by atoms with Crippen LogP contribution in [0.15, 0.2) is 0 Å². The molecule has 0 unspecified atom stereocenters. The van der Waals surface area contributed by atoms with E-state index in [4.69, 9.17) is 4.74 Å². The van der Waals surface area contributed by atoms with Crippen LogP contribution in [0.2, 0.25) is 0 Å². The van der Waals surface area contributed by atoms with Crippen molar-refractivity contribution in [3.05, 3.63) is 0 Å². The third-order valence-electron chi connectivity index (χ3n) is 6.78. The molecular weight excluding hydrogens is 244 g/mol. The molecule has 1 saturated heterocycles. The highest BCUT2D eigenvalue weighted by Gasteiger charge is 2.89. The van der Waals surface area contributed by atoms with Gasteiger partial charge >= 0.3 is 5.97 Å². The van der Waals surface area contributed by atoms with Crippen LogP contribution in [-0.4, -0.2) is 34.5 Å². The van der Waals surface area contributed by atoms with E-state index in [0.29, 0.717) is 12.3 Å². The van der Waals surface area contributed by atoms with Crippen LogP contribution in [-0.2, 0) is 9.53 Å². The molecule has 1 spiro atoms. The maximum atomic E-state index is 12.2. The number of aliphatic hydroxyl groups excluding tert-OH is 1. The number of ether oxygens (including phenoxy) is 1. The molecule has 19 heavy (non-hydrogen) atoms. The molecule has 4 nitrogen and oxygen atoms in total. The SMILES string of the molecule is CC1(C)C[C@H]2[C@@H](O)[C@@]3(O)COC(=O)[C@@]34C[C@@]4(C)[C@H]2C1. The lowest BCUT2D eigenvalue weighted by molar-refractivity contribution is -0.176. The number of hydrogen-bond acceptors (Lipinski definition) is 4. The number of hydrogen-bond donors (Lipinski definition) is 2. The van der Waals surface area contributed by atoms with Crippen molar-refractivity contribution in [3.8, 4) is 0 Å². The summed E-state index contributed by atoms with van der Waals surface area (Å²) in [5, 5.41) is 21.6. The van der Waals surface area contributed by atoms with E-state index in [1.54, 1.807) is 0 Å². The molecule has 3 saturated carbocycles. The van der Waals surface area contributed by atoms with Crippen LogP contribution in [0.5, 0.6) is 0 Å². The largest absolute Gasteiger partial charge is 0.462 e. The first-order valence-electron chi connectivity index (χ1n) is 7.26. The number of carbonyl (C=O) groups is 1. The summed E-state index contributed by atoms with van der Waals surface area (Å²) in [5.74, 6) is 0.123. The predicted octanol–water partition coefficient (Wildman–Crippen LogP) is 1.10. The zero-order chi connectivity index (χ0) is 13.8. The molecule has 4 fully saturated rings. The van der Waals surface area contributed by atoms with Gasteiger partial charge in [-0.25, -0.2) is 0 Å². The highest BCUT2D eigenvalue weighted by molar-refractivity contribution is 5.87. The van der Waals surface area contributed by atoms with Gasteiger partial charge in [-0.05, 0) is 41.9 Å². The molecule has 1 aliphatic heterocycles. The van der Waals surface area contributed by atoms with Gasteiger partial charge < -0.3 is 14.9 Å². The van der Waals surface area contributed by atoms with Crippen LogP contribution in [0.4, 0.5) is 0 Å². The smallest absolute Gasteiger partial charge is 0.315 e. The van der Waals surface area contributed by atoms with Crippen molar-refractivity contribution in [2.45, 2.75) is 51.7 Å². The van der Waals surface area contributed by atoms with Gasteiger partial charge in [-0.15, -0.1) is 0 Å². The van der Waals surface area contributed by atoms with Crippen LogP contribution < -0.4 is 0 Å². The number of cyclic esters (lactones) is 1. The second-order valence-corrected chi connectivity index (χ2v) is 8.29. The fourth-order valence-electron chi connectivity index (χ4n) is 5.84. The topological polar surface area (TPSA) is 66.8 Å². The van der Waals surface area contributed by atoms with Gasteiger partial charge in [0.1, 0.15) is 17.6 Å². The average molecular weight is 266 g/mol. The summed E-state index contributed by atoms with van der Waals surface area (Å²) in [4.78, 5) is 12.2. The van der Waals surface area contributed by atoms with Crippen molar-refractivity contribution in [2.24, 2.45) is 28.1 Å². The monoisotopic (exact) mass is 266 g/mol. The van der Waals surface area contributed by atoms with Crippen molar-refractivity contribution in [1.82, 2.24) is 0 Å². The average Bonchev–Trinajstić information content (AvgIpc) is 2.73. The summed E-state index contributed by atoms with van der Waals surface area (Å²) in [6.45, 7) is 6.50. The van der Waals surface area contributed by atoms with Gasteiger partial charge in [0.2, 0.25) is 0 Å². The minimum absolute atomic E-state index is 0.0355. The van der Waals surface area contributed by atoms with Crippen LogP contribution in [0.25, 0.3) is 0 Å². The van der Waals surface area contributed by atoms with Crippen molar-refractivity contribution in [1.29, 1.82) is 0 Å². The molecule has 2 N–H and O–H groups in total. The maximum Gasteiger partial charge on any atom is 0.315 e. The van der Waals surface area contributed by atoms with Crippen LogP contribution in [0.1, 0.15) is 40.0 Å².